The third-order valence-electron chi connectivity index (χ3n) is 4.95. The minimum atomic E-state index is -0.316. The zero-order chi connectivity index (χ0) is 23.0. The van der Waals surface area contributed by atoms with Gasteiger partial charge < -0.3 is 14.2 Å². The Labute approximate surface area is 199 Å². The summed E-state index contributed by atoms with van der Waals surface area (Å²) in [7, 11) is 0. The van der Waals surface area contributed by atoms with E-state index in [4.69, 9.17) is 8.83 Å². The molecule has 1 aliphatic rings. The van der Waals surface area contributed by atoms with Crippen molar-refractivity contribution in [1.82, 2.24) is 15.2 Å². The summed E-state index contributed by atoms with van der Waals surface area (Å²) in [5, 5.41) is 19.5. The minimum absolute atomic E-state index is 0.106. The SMILES string of the molecule is CC(C)(C)Nc1nnc(SCC(=O)N2N=C(c3cc4ccccc4o3)CC2c2ccco2)s1. The first-order valence-corrected chi connectivity index (χ1v) is 12.3. The van der Waals surface area contributed by atoms with Crippen LogP contribution in [0.1, 0.15) is 44.8 Å². The van der Waals surface area contributed by atoms with Crippen molar-refractivity contribution in [3.05, 3.63) is 60.2 Å². The van der Waals surface area contributed by atoms with E-state index in [0.717, 1.165) is 26.2 Å². The maximum atomic E-state index is 13.2. The Morgan fingerprint density at radius 1 is 1.24 bits per heavy atom. The van der Waals surface area contributed by atoms with Crippen molar-refractivity contribution in [2.75, 3.05) is 11.1 Å². The van der Waals surface area contributed by atoms with Crippen LogP contribution in [0, 0.1) is 0 Å². The number of hydrazone groups is 1. The monoisotopic (exact) mass is 481 g/mol. The van der Waals surface area contributed by atoms with E-state index in [-0.39, 0.29) is 23.2 Å². The molecule has 1 aliphatic heterocycles. The van der Waals surface area contributed by atoms with Crippen molar-refractivity contribution in [3.63, 3.8) is 0 Å². The van der Waals surface area contributed by atoms with Crippen LogP contribution in [0.3, 0.4) is 0 Å². The molecule has 1 N–H and O–H groups in total. The average Bonchev–Trinajstić information content (AvgIpc) is 3.56. The summed E-state index contributed by atoms with van der Waals surface area (Å²) >= 11 is 2.78. The van der Waals surface area contributed by atoms with E-state index in [1.165, 1.54) is 28.1 Å². The van der Waals surface area contributed by atoms with Crippen LogP contribution in [0.2, 0.25) is 0 Å². The number of hydrogen-bond donors (Lipinski definition) is 1. The maximum absolute atomic E-state index is 13.2. The number of benzene rings is 1. The van der Waals surface area contributed by atoms with Crippen LogP contribution in [0.5, 0.6) is 0 Å². The number of nitrogens with zero attached hydrogens (tertiary/aromatic N) is 4. The van der Waals surface area contributed by atoms with Gasteiger partial charge in [-0.3, -0.25) is 4.79 Å². The highest BCUT2D eigenvalue weighted by Gasteiger charge is 2.36. The van der Waals surface area contributed by atoms with Gasteiger partial charge >= 0.3 is 0 Å². The molecule has 1 amide bonds. The number of fused-ring (bicyclic) bond motifs is 1. The van der Waals surface area contributed by atoms with Gasteiger partial charge in [0.05, 0.1) is 12.0 Å². The van der Waals surface area contributed by atoms with Crippen molar-refractivity contribution in [3.8, 4) is 0 Å². The van der Waals surface area contributed by atoms with Crippen LogP contribution in [0.4, 0.5) is 5.13 Å². The Hall–Kier alpha value is -3.11. The Morgan fingerprint density at radius 2 is 2.09 bits per heavy atom. The highest BCUT2D eigenvalue weighted by Crippen LogP contribution is 2.35. The molecule has 3 aromatic heterocycles. The van der Waals surface area contributed by atoms with E-state index < -0.39 is 0 Å². The molecule has 0 spiro atoms. The molecule has 0 saturated heterocycles. The summed E-state index contributed by atoms with van der Waals surface area (Å²) in [5.74, 6) is 1.42. The second-order valence-corrected chi connectivity index (χ2v) is 10.9. The van der Waals surface area contributed by atoms with E-state index in [1.54, 1.807) is 6.26 Å². The van der Waals surface area contributed by atoms with Crippen LogP contribution in [0.15, 0.2) is 67.0 Å². The largest absolute Gasteiger partial charge is 0.467 e. The smallest absolute Gasteiger partial charge is 0.253 e. The molecule has 5 rings (SSSR count). The summed E-state index contributed by atoms with van der Waals surface area (Å²) in [4.78, 5) is 13.2. The lowest BCUT2D eigenvalue weighted by Gasteiger charge is -2.19. The van der Waals surface area contributed by atoms with Gasteiger partial charge in [0.1, 0.15) is 23.1 Å². The minimum Gasteiger partial charge on any atom is -0.467 e. The number of thioether (sulfide) groups is 1. The van der Waals surface area contributed by atoms with Crippen LogP contribution in [0.25, 0.3) is 11.0 Å². The quantitative estimate of drug-likeness (QED) is 0.360. The van der Waals surface area contributed by atoms with Crippen LogP contribution in [-0.2, 0) is 4.79 Å². The summed E-state index contributed by atoms with van der Waals surface area (Å²) < 4.78 is 12.3. The molecule has 10 heteroatoms. The van der Waals surface area contributed by atoms with Crippen molar-refractivity contribution >= 4 is 50.8 Å². The van der Waals surface area contributed by atoms with Crippen LogP contribution in [-0.4, -0.2) is 38.1 Å². The number of aromatic nitrogens is 2. The summed E-state index contributed by atoms with van der Waals surface area (Å²) in [6.07, 6.45) is 2.12. The van der Waals surface area contributed by atoms with Gasteiger partial charge in [0.2, 0.25) is 5.13 Å². The number of carbonyl (C=O) groups is 1. The Balaban J connectivity index is 1.34. The van der Waals surface area contributed by atoms with Crippen molar-refractivity contribution in [2.24, 2.45) is 5.10 Å². The fourth-order valence-corrected chi connectivity index (χ4v) is 5.36. The van der Waals surface area contributed by atoms with E-state index in [2.05, 4.69) is 41.4 Å². The number of hydrogen-bond acceptors (Lipinski definition) is 9. The molecule has 0 aliphatic carbocycles. The van der Waals surface area contributed by atoms with Gasteiger partial charge in [-0.2, -0.15) is 5.10 Å². The van der Waals surface area contributed by atoms with Gasteiger partial charge in [-0.15, -0.1) is 10.2 Å². The van der Waals surface area contributed by atoms with E-state index in [1.807, 2.05) is 42.5 Å². The number of para-hydroxylation sites is 1. The molecular formula is C23H23N5O3S2. The zero-order valence-electron chi connectivity index (χ0n) is 18.4. The second-order valence-electron chi connectivity index (χ2n) is 8.71. The maximum Gasteiger partial charge on any atom is 0.253 e. The van der Waals surface area contributed by atoms with Crippen LogP contribution >= 0.6 is 23.1 Å². The number of amides is 1. The molecule has 4 aromatic rings. The van der Waals surface area contributed by atoms with Crippen molar-refractivity contribution < 1.29 is 13.6 Å². The van der Waals surface area contributed by atoms with Gasteiger partial charge in [0.15, 0.2) is 10.1 Å². The lowest BCUT2D eigenvalue weighted by molar-refractivity contribution is -0.130. The number of furan rings is 2. The molecule has 1 aromatic carbocycles. The van der Waals surface area contributed by atoms with Gasteiger partial charge in [0, 0.05) is 17.3 Å². The zero-order valence-corrected chi connectivity index (χ0v) is 20.1. The molecule has 170 valence electrons. The topological polar surface area (TPSA) is 96.8 Å². The van der Waals surface area contributed by atoms with E-state index in [0.29, 0.717) is 17.9 Å². The van der Waals surface area contributed by atoms with Gasteiger partial charge in [-0.1, -0.05) is 41.3 Å². The van der Waals surface area contributed by atoms with E-state index >= 15 is 0 Å². The highest BCUT2D eigenvalue weighted by atomic mass is 32.2. The molecular weight excluding hydrogens is 458 g/mol. The van der Waals surface area contributed by atoms with Gasteiger partial charge in [0.25, 0.3) is 5.91 Å². The standard InChI is InChI=1S/C23H23N5O3S2/c1-23(2,3)24-21-25-26-22(33-21)32-13-20(29)28-16(18-9-6-10-30-18)12-15(27-28)19-11-14-7-4-5-8-17(14)31-19/h4-11,16H,12-13H2,1-3H3,(H,24,25). The van der Waals surface area contributed by atoms with Gasteiger partial charge in [-0.25, -0.2) is 5.01 Å². The second kappa shape index (κ2) is 8.68. The summed E-state index contributed by atoms with van der Waals surface area (Å²) in [6, 6.07) is 13.1. The third kappa shape index (κ3) is 4.81. The number of carbonyl (C=O) groups excluding carboxylic acids is 1. The number of anilines is 1. The molecule has 0 fully saturated rings. The lowest BCUT2D eigenvalue weighted by atomic mass is 10.1. The average molecular weight is 482 g/mol. The Bertz CT molecular complexity index is 1270. The first kappa shape index (κ1) is 21.7. The molecule has 1 atom stereocenters. The van der Waals surface area contributed by atoms with Crippen LogP contribution < -0.4 is 5.32 Å². The summed E-state index contributed by atoms with van der Waals surface area (Å²) in [6.45, 7) is 6.18. The lowest BCUT2D eigenvalue weighted by Crippen LogP contribution is -2.28. The third-order valence-corrected chi connectivity index (χ3v) is 6.91. The molecule has 1 unspecified atom stereocenters. The van der Waals surface area contributed by atoms with Gasteiger partial charge in [-0.05, 0) is 45.0 Å². The predicted octanol–water partition coefficient (Wildman–Crippen LogP) is 5.56. The molecule has 33 heavy (non-hydrogen) atoms. The molecule has 0 bridgehead atoms. The number of rotatable bonds is 6. The fraction of sp³-hybridized carbons (Fsp3) is 0.304. The van der Waals surface area contributed by atoms with E-state index in [9.17, 15) is 4.79 Å². The molecule has 0 radical (unpaired) electrons. The van der Waals surface area contributed by atoms with Crippen molar-refractivity contribution in [2.45, 2.75) is 43.1 Å². The fourth-order valence-electron chi connectivity index (χ4n) is 3.54. The predicted molar refractivity (Wildman–Crippen MR) is 130 cm³/mol. The first-order valence-electron chi connectivity index (χ1n) is 10.5. The number of nitrogens with one attached hydrogen (secondary N) is 1. The van der Waals surface area contributed by atoms with Crippen molar-refractivity contribution in [1.29, 1.82) is 0 Å². The normalized spacial score (nSPS) is 16.4. The summed E-state index contributed by atoms with van der Waals surface area (Å²) in [5.41, 5.74) is 1.41. The molecule has 0 saturated carbocycles. The molecule has 4 heterocycles. The Kier molecular flexibility index (Phi) is 5.71. The first-order chi connectivity index (χ1) is 15.9. The highest BCUT2D eigenvalue weighted by molar-refractivity contribution is 8.01. The molecule has 8 nitrogen and oxygen atoms in total. The Morgan fingerprint density at radius 3 is 2.85 bits per heavy atom.